The summed E-state index contributed by atoms with van der Waals surface area (Å²) in [4.78, 5) is 1.23. The molecule has 0 aromatic carbocycles. The second-order valence-electron chi connectivity index (χ2n) is 4.13. The van der Waals surface area contributed by atoms with Gasteiger partial charge in [0.25, 0.3) is 0 Å². The number of sulfonamides is 1. The van der Waals surface area contributed by atoms with Crippen LogP contribution in [0.3, 0.4) is 0 Å². The first-order valence-electron chi connectivity index (χ1n) is 5.11. The Morgan fingerprint density at radius 3 is 2.56 bits per heavy atom. The first-order valence-corrected chi connectivity index (χ1v) is 7.43. The van der Waals surface area contributed by atoms with Crippen LogP contribution in [-0.4, -0.2) is 26.3 Å². The van der Waals surface area contributed by atoms with Crippen molar-refractivity contribution in [3.05, 3.63) is 16.3 Å². The lowest BCUT2D eigenvalue weighted by molar-refractivity contribution is 0.417. The Kier molecular flexibility index (Phi) is 4.49. The quantitative estimate of drug-likeness (QED) is 0.874. The van der Waals surface area contributed by atoms with E-state index in [-0.39, 0.29) is 0 Å². The molecule has 0 saturated heterocycles. The first kappa shape index (κ1) is 13.6. The van der Waals surface area contributed by atoms with Crippen molar-refractivity contribution in [1.82, 2.24) is 4.31 Å². The second-order valence-corrected chi connectivity index (χ2v) is 7.17. The Morgan fingerprint density at radius 2 is 2.12 bits per heavy atom. The smallest absolute Gasteiger partial charge is 0.243 e. The van der Waals surface area contributed by atoms with Crippen LogP contribution in [-0.2, 0) is 16.6 Å². The molecule has 0 radical (unpaired) electrons. The molecule has 92 valence electrons. The number of hydrogen-bond donors (Lipinski definition) is 1. The molecule has 6 heteroatoms. The van der Waals surface area contributed by atoms with Gasteiger partial charge in [0.1, 0.15) is 0 Å². The van der Waals surface area contributed by atoms with Gasteiger partial charge in [0.2, 0.25) is 10.0 Å². The third kappa shape index (κ3) is 3.04. The molecule has 1 heterocycles. The van der Waals surface area contributed by atoms with Crippen LogP contribution in [0.4, 0.5) is 0 Å². The largest absolute Gasteiger partial charge is 0.326 e. The van der Waals surface area contributed by atoms with E-state index in [9.17, 15) is 8.42 Å². The minimum absolute atomic E-state index is 0.312. The molecule has 0 aliphatic rings. The number of rotatable bonds is 5. The van der Waals surface area contributed by atoms with Crippen LogP contribution in [0.2, 0.25) is 0 Å². The van der Waals surface area contributed by atoms with Gasteiger partial charge in [0.05, 0.1) is 4.90 Å². The summed E-state index contributed by atoms with van der Waals surface area (Å²) in [5, 5.41) is 1.65. The summed E-state index contributed by atoms with van der Waals surface area (Å²) in [6.45, 7) is 4.89. The average Bonchev–Trinajstić information content (AvgIpc) is 2.65. The number of nitrogens with two attached hydrogens (primary N) is 1. The average molecular weight is 262 g/mol. The lowest BCUT2D eigenvalue weighted by Gasteiger charge is -2.18. The van der Waals surface area contributed by atoms with Crippen molar-refractivity contribution in [2.45, 2.75) is 25.3 Å². The van der Waals surface area contributed by atoms with E-state index in [1.54, 1.807) is 18.5 Å². The summed E-state index contributed by atoms with van der Waals surface area (Å²) in [5.41, 5.74) is 5.47. The maximum Gasteiger partial charge on any atom is 0.243 e. The molecule has 16 heavy (non-hydrogen) atoms. The molecule has 1 aromatic rings. The van der Waals surface area contributed by atoms with Crippen molar-refractivity contribution < 1.29 is 8.42 Å². The summed E-state index contributed by atoms with van der Waals surface area (Å²) >= 11 is 1.38. The lowest BCUT2D eigenvalue weighted by Crippen LogP contribution is -2.30. The summed E-state index contributed by atoms with van der Waals surface area (Å²) < 4.78 is 25.6. The Labute approximate surface area is 101 Å². The van der Waals surface area contributed by atoms with Gasteiger partial charge in [-0.2, -0.15) is 0 Å². The maximum atomic E-state index is 12.1. The highest BCUT2D eigenvalue weighted by Gasteiger charge is 2.22. The monoisotopic (exact) mass is 262 g/mol. The zero-order valence-corrected chi connectivity index (χ0v) is 11.4. The van der Waals surface area contributed by atoms with E-state index in [4.69, 9.17) is 5.73 Å². The first-order chi connectivity index (χ1) is 7.37. The summed E-state index contributed by atoms with van der Waals surface area (Å²) in [5.74, 6) is 0.312. The van der Waals surface area contributed by atoms with Crippen molar-refractivity contribution in [2.24, 2.45) is 11.7 Å². The van der Waals surface area contributed by atoms with Gasteiger partial charge in [-0.1, -0.05) is 13.8 Å². The molecule has 4 nitrogen and oxygen atoms in total. The molecule has 1 rings (SSSR count). The number of hydrogen-bond acceptors (Lipinski definition) is 4. The standard InChI is InChI=1S/C10H18N2O2S2/c1-8(2)6-12(3)16(13,14)10-4-9(5-11)15-7-10/h4,7-8H,5-6,11H2,1-3H3. The number of thiophene rings is 1. The predicted octanol–water partition coefficient (Wildman–Crippen LogP) is 1.48. The van der Waals surface area contributed by atoms with Crippen molar-refractivity contribution in [2.75, 3.05) is 13.6 Å². The summed E-state index contributed by atoms with van der Waals surface area (Å²) in [6, 6.07) is 1.65. The van der Waals surface area contributed by atoms with Crippen LogP contribution in [0.25, 0.3) is 0 Å². The van der Waals surface area contributed by atoms with Gasteiger partial charge >= 0.3 is 0 Å². The lowest BCUT2D eigenvalue weighted by atomic mass is 10.2. The molecule has 1 aromatic heterocycles. The maximum absolute atomic E-state index is 12.1. The molecule has 0 bridgehead atoms. The van der Waals surface area contributed by atoms with Crippen LogP contribution in [0.5, 0.6) is 0 Å². The van der Waals surface area contributed by atoms with Crippen molar-refractivity contribution >= 4 is 21.4 Å². The molecule has 0 atom stereocenters. The fourth-order valence-corrected chi connectivity index (χ4v) is 3.87. The van der Waals surface area contributed by atoms with Gasteiger partial charge < -0.3 is 5.73 Å². The van der Waals surface area contributed by atoms with Gasteiger partial charge in [-0.05, 0) is 12.0 Å². The van der Waals surface area contributed by atoms with E-state index in [1.807, 2.05) is 13.8 Å². The molecule has 0 saturated carbocycles. The Bertz CT molecular complexity index is 437. The van der Waals surface area contributed by atoms with E-state index in [2.05, 4.69) is 0 Å². The summed E-state index contributed by atoms with van der Waals surface area (Å²) in [6.07, 6.45) is 0. The fourth-order valence-electron chi connectivity index (χ4n) is 1.40. The molecule has 0 aliphatic heterocycles. The van der Waals surface area contributed by atoms with Crippen LogP contribution in [0, 0.1) is 5.92 Å². The molecule has 2 N–H and O–H groups in total. The highest BCUT2D eigenvalue weighted by atomic mass is 32.2. The van der Waals surface area contributed by atoms with Crippen LogP contribution >= 0.6 is 11.3 Å². The minimum atomic E-state index is -3.34. The molecular formula is C10H18N2O2S2. The highest BCUT2D eigenvalue weighted by molar-refractivity contribution is 7.89. The van der Waals surface area contributed by atoms with Crippen LogP contribution in [0.15, 0.2) is 16.3 Å². The topological polar surface area (TPSA) is 63.4 Å². The minimum Gasteiger partial charge on any atom is -0.326 e. The van der Waals surface area contributed by atoms with Gasteiger partial charge in [0.15, 0.2) is 0 Å². The zero-order valence-electron chi connectivity index (χ0n) is 9.80. The van der Waals surface area contributed by atoms with E-state index >= 15 is 0 Å². The third-order valence-electron chi connectivity index (χ3n) is 2.16. The van der Waals surface area contributed by atoms with Crippen molar-refractivity contribution in [3.8, 4) is 0 Å². The van der Waals surface area contributed by atoms with E-state index in [0.717, 1.165) is 4.88 Å². The van der Waals surface area contributed by atoms with E-state index < -0.39 is 10.0 Å². The Balaban J connectivity index is 2.92. The van der Waals surface area contributed by atoms with Crippen LogP contribution in [0.1, 0.15) is 18.7 Å². The Hall–Kier alpha value is -0.430. The van der Waals surface area contributed by atoms with Gasteiger partial charge in [-0.3, -0.25) is 0 Å². The van der Waals surface area contributed by atoms with Crippen molar-refractivity contribution in [3.63, 3.8) is 0 Å². The van der Waals surface area contributed by atoms with Gasteiger partial charge in [-0.15, -0.1) is 11.3 Å². The third-order valence-corrected chi connectivity index (χ3v) is 5.07. The van der Waals surface area contributed by atoms with Crippen molar-refractivity contribution in [1.29, 1.82) is 0 Å². The van der Waals surface area contributed by atoms with Gasteiger partial charge in [-0.25, -0.2) is 12.7 Å². The van der Waals surface area contributed by atoms with E-state index in [0.29, 0.717) is 23.9 Å². The molecule has 0 fully saturated rings. The normalized spacial score (nSPS) is 12.6. The zero-order chi connectivity index (χ0) is 12.3. The molecule has 0 aliphatic carbocycles. The van der Waals surface area contributed by atoms with Crippen LogP contribution < -0.4 is 5.73 Å². The van der Waals surface area contributed by atoms with E-state index in [1.165, 1.54) is 15.6 Å². The SMILES string of the molecule is CC(C)CN(C)S(=O)(=O)c1csc(CN)c1. The molecule has 0 unspecified atom stereocenters. The van der Waals surface area contributed by atoms with Gasteiger partial charge in [0, 0.05) is 30.4 Å². The highest BCUT2D eigenvalue weighted by Crippen LogP contribution is 2.22. The fraction of sp³-hybridized carbons (Fsp3) is 0.600. The molecule has 0 spiro atoms. The number of nitrogens with zero attached hydrogens (tertiary/aromatic N) is 1. The molecule has 0 amide bonds. The molecular weight excluding hydrogens is 244 g/mol. The Morgan fingerprint density at radius 1 is 1.50 bits per heavy atom. The second kappa shape index (κ2) is 5.27. The summed E-state index contributed by atoms with van der Waals surface area (Å²) in [7, 11) is -1.73. The predicted molar refractivity (Wildman–Crippen MR) is 66.9 cm³/mol.